The number of ketones is 1. The number of furan rings is 1. The topological polar surface area (TPSA) is 56.5 Å². The normalized spacial score (nSPS) is 12.1. The van der Waals surface area contributed by atoms with Crippen molar-refractivity contribution in [3.63, 3.8) is 0 Å². The quantitative estimate of drug-likeness (QED) is 0.332. The molecule has 0 fully saturated rings. The van der Waals surface area contributed by atoms with E-state index in [9.17, 15) is 9.59 Å². The maximum atomic E-state index is 11.4. The van der Waals surface area contributed by atoms with E-state index in [1.807, 2.05) is 0 Å². The average molecular weight is 217 g/mol. The predicted octanol–water partition coefficient (Wildman–Crippen LogP) is 1.63. The Morgan fingerprint density at radius 1 is 1.64 bits per heavy atom. The van der Waals surface area contributed by atoms with E-state index in [2.05, 4.69) is 4.74 Å². The average Bonchev–Trinajstić information content (AvgIpc) is 2.68. The van der Waals surface area contributed by atoms with Gasteiger partial charge in [-0.1, -0.05) is 0 Å². The Hall–Kier alpha value is -1.29. The van der Waals surface area contributed by atoms with E-state index >= 15 is 0 Å². The monoisotopic (exact) mass is 216 g/mol. The molecule has 0 N–H and O–H groups in total. The van der Waals surface area contributed by atoms with Crippen LogP contribution < -0.4 is 0 Å². The van der Waals surface area contributed by atoms with Crippen LogP contribution in [0.1, 0.15) is 17.3 Å². The lowest BCUT2D eigenvalue weighted by Gasteiger charge is -2.05. The lowest BCUT2D eigenvalue weighted by atomic mass is 10.1. The number of Topliss-reactive ketones (excluding diaryl/α,β-unsaturated/α-hetero) is 1. The van der Waals surface area contributed by atoms with Gasteiger partial charge in [0.25, 0.3) is 0 Å². The summed E-state index contributed by atoms with van der Waals surface area (Å²) in [5.41, 5.74) is 0.262. The molecule has 0 saturated heterocycles. The maximum Gasteiger partial charge on any atom is 0.332 e. The van der Waals surface area contributed by atoms with Crippen molar-refractivity contribution in [1.29, 1.82) is 0 Å². The van der Waals surface area contributed by atoms with Crippen LogP contribution in [0.3, 0.4) is 0 Å². The van der Waals surface area contributed by atoms with Crippen molar-refractivity contribution in [1.82, 2.24) is 0 Å². The van der Waals surface area contributed by atoms with Crippen molar-refractivity contribution in [2.24, 2.45) is 0 Å². The molecule has 0 aliphatic rings. The number of ether oxygens (including phenoxy) is 1. The first-order valence-corrected chi connectivity index (χ1v) is 4.47. The lowest BCUT2D eigenvalue weighted by molar-refractivity contribution is -0.141. The Bertz CT molecular complexity index is 318. The molecule has 1 heterocycles. The largest absolute Gasteiger partial charge is 0.472 e. The molecule has 1 unspecified atom stereocenters. The van der Waals surface area contributed by atoms with Crippen LogP contribution in [0.4, 0.5) is 0 Å². The van der Waals surface area contributed by atoms with Crippen LogP contribution in [0.25, 0.3) is 0 Å². The number of hydrogen-bond donors (Lipinski definition) is 0. The Kier molecular flexibility index (Phi) is 3.71. The number of rotatable bonds is 4. The molecular formula is C9H9ClO4. The van der Waals surface area contributed by atoms with Gasteiger partial charge < -0.3 is 9.15 Å². The van der Waals surface area contributed by atoms with Crippen molar-refractivity contribution in [2.45, 2.75) is 12.3 Å². The SMILES string of the molecule is CCOC(=O)C(Cl)C(=O)c1ccoc1. The van der Waals surface area contributed by atoms with Gasteiger partial charge in [0.2, 0.25) is 0 Å². The summed E-state index contributed by atoms with van der Waals surface area (Å²) in [7, 11) is 0. The standard InChI is InChI=1S/C9H9ClO4/c1-2-14-9(12)7(10)8(11)6-3-4-13-5-6/h3-5,7H,2H2,1H3. The van der Waals surface area contributed by atoms with Crippen molar-refractivity contribution < 1.29 is 18.7 Å². The molecule has 1 aromatic rings. The molecule has 0 aliphatic carbocycles. The highest BCUT2D eigenvalue weighted by atomic mass is 35.5. The van der Waals surface area contributed by atoms with Gasteiger partial charge in [-0.2, -0.15) is 0 Å². The fraction of sp³-hybridized carbons (Fsp3) is 0.333. The van der Waals surface area contributed by atoms with Crippen LogP contribution in [-0.2, 0) is 9.53 Å². The highest BCUT2D eigenvalue weighted by Gasteiger charge is 2.26. The van der Waals surface area contributed by atoms with Gasteiger partial charge in [0.1, 0.15) is 6.26 Å². The van der Waals surface area contributed by atoms with Gasteiger partial charge in [0.15, 0.2) is 11.2 Å². The summed E-state index contributed by atoms with van der Waals surface area (Å²) in [6.45, 7) is 1.84. The number of carbonyl (C=O) groups excluding carboxylic acids is 2. The molecule has 76 valence electrons. The van der Waals surface area contributed by atoms with Crippen molar-refractivity contribution in [3.8, 4) is 0 Å². The highest BCUT2D eigenvalue weighted by Crippen LogP contribution is 2.10. The molecule has 1 rings (SSSR count). The molecule has 0 saturated carbocycles. The summed E-state index contributed by atoms with van der Waals surface area (Å²) in [6, 6.07) is 1.44. The van der Waals surface area contributed by atoms with E-state index in [4.69, 9.17) is 16.0 Å². The third-order valence-corrected chi connectivity index (χ3v) is 1.91. The zero-order chi connectivity index (χ0) is 10.6. The highest BCUT2D eigenvalue weighted by molar-refractivity contribution is 6.43. The molecule has 0 amide bonds. The van der Waals surface area contributed by atoms with Crippen LogP contribution in [0.5, 0.6) is 0 Å². The number of esters is 1. The summed E-state index contributed by atoms with van der Waals surface area (Å²) in [5, 5.41) is -1.30. The van der Waals surface area contributed by atoms with Crippen molar-refractivity contribution >= 4 is 23.4 Å². The van der Waals surface area contributed by atoms with E-state index in [1.165, 1.54) is 18.6 Å². The molecule has 4 nitrogen and oxygen atoms in total. The third-order valence-electron chi connectivity index (χ3n) is 1.53. The first kappa shape index (κ1) is 10.8. The molecule has 0 aromatic carbocycles. The molecular weight excluding hydrogens is 208 g/mol. The van der Waals surface area contributed by atoms with Crippen LogP contribution in [-0.4, -0.2) is 23.7 Å². The molecule has 0 radical (unpaired) electrons. The minimum Gasteiger partial charge on any atom is -0.472 e. The molecule has 0 aliphatic heterocycles. The minimum absolute atomic E-state index is 0.195. The number of alkyl halides is 1. The summed E-state index contributed by atoms with van der Waals surface area (Å²) in [5.74, 6) is -1.25. The maximum absolute atomic E-state index is 11.4. The number of halogens is 1. The Morgan fingerprint density at radius 2 is 2.36 bits per heavy atom. The fourth-order valence-corrected chi connectivity index (χ4v) is 1.06. The van der Waals surface area contributed by atoms with E-state index < -0.39 is 17.1 Å². The van der Waals surface area contributed by atoms with Gasteiger partial charge in [-0.25, -0.2) is 4.79 Å². The summed E-state index contributed by atoms with van der Waals surface area (Å²) in [6.07, 6.45) is 2.57. The van der Waals surface area contributed by atoms with E-state index in [0.29, 0.717) is 0 Å². The van der Waals surface area contributed by atoms with Gasteiger partial charge in [-0.3, -0.25) is 4.79 Å². The number of carbonyl (C=O) groups is 2. The Labute approximate surface area is 85.8 Å². The van der Waals surface area contributed by atoms with E-state index in [1.54, 1.807) is 6.92 Å². The van der Waals surface area contributed by atoms with Crippen molar-refractivity contribution in [2.75, 3.05) is 6.61 Å². The summed E-state index contributed by atoms with van der Waals surface area (Å²) in [4.78, 5) is 22.5. The van der Waals surface area contributed by atoms with Crippen LogP contribution >= 0.6 is 11.6 Å². The fourth-order valence-electron chi connectivity index (χ4n) is 0.873. The smallest absolute Gasteiger partial charge is 0.332 e. The van der Waals surface area contributed by atoms with Crippen LogP contribution in [0, 0.1) is 0 Å². The Morgan fingerprint density at radius 3 is 2.86 bits per heavy atom. The Balaban J connectivity index is 2.66. The molecule has 0 spiro atoms. The van der Waals surface area contributed by atoms with Gasteiger partial charge >= 0.3 is 5.97 Å². The van der Waals surface area contributed by atoms with Gasteiger partial charge in [-0.15, -0.1) is 11.6 Å². The second kappa shape index (κ2) is 4.81. The first-order valence-electron chi connectivity index (χ1n) is 4.04. The summed E-state index contributed by atoms with van der Waals surface area (Å²) < 4.78 is 9.29. The van der Waals surface area contributed by atoms with Gasteiger partial charge in [0, 0.05) is 0 Å². The zero-order valence-electron chi connectivity index (χ0n) is 7.53. The van der Waals surface area contributed by atoms with Crippen LogP contribution in [0.2, 0.25) is 0 Å². The third kappa shape index (κ3) is 2.35. The van der Waals surface area contributed by atoms with E-state index in [0.717, 1.165) is 0 Å². The second-order valence-corrected chi connectivity index (χ2v) is 2.93. The van der Waals surface area contributed by atoms with Gasteiger partial charge in [-0.05, 0) is 13.0 Å². The minimum atomic E-state index is -1.30. The zero-order valence-corrected chi connectivity index (χ0v) is 8.28. The van der Waals surface area contributed by atoms with Crippen molar-refractivity contribution in [3.05, 3.63) is 24.2 Å². The second-order valence-electron chi connectivity index (χ2n) is 2.49. The first-order chi connectivity index (χ1) is 6.66. The predicted molar refractivity (Wildman–Crippen MR) is 49.3 cm³/mol. The van der Waals surface area contributed by atoms with Gasteiger partial charge in [0.05, 0.1) is 18.4 Å². The molecule has 1 atom stereocenters. The molecule has 0 bridgehead atoms. The molecule has 1 aromatic heterocycles. The summed E-state index contributed by atoms with van der Waals surface area (Å²) >= 11 is 5.59. The molecule has 14 heavy (non-hydrogen) atoms. The van der Waals surface area contributed by atoms with Crippen LogP contribution in [0.15, 0.2) is 23.0 Å². The molecule has 5 heteroatoms. The number of hydrogen-bond acceptors (Lipinski definition) is 4. The lowest BCUT2D eigenvalue weighted by Crippen LogP contribution is -2.26. The van der Waals surface area contributed by atoms with E-state index in [-0.39, 0.29) is 12.2 Å².